The van der Waals surface area contributed by atoms with Gasteiger partial charge in [-0.05, 0) is 18.2 Å². The van der Waals surface area contributed by atoms with E-state index in [1.165, 1.54) is 12.1 Å². The van der Waals surface area contributed by atoms with Crippen molar-refractivity contribution in [2.75, 3.05) is 12.9 Å². The molecule has 0 aromatic heterocycles. The van der Waals surface area contributed by atoms with Crippen LogP contribution in [0.25, 0.3) is 0 Å². The summed E-state index contributed by atoms with van der Waals surface area (Å²) in [6.07, 6.45) is 1.74. The average Bonchev–Trinajstić information content (AvgIpc) is 2.54. The van der Waals surface area contributed by atoms with Crippen LogP contribution in [0.5, 0.6) is 5.75 Å². The van der Waals surface area contributed by atoms with E-state index in [-0.39, 0.29) is 16.5 Å². The van der Waals surface area contributed by atoms with Crippen LogP contribution in [-0.2, 0) is 9.84 Å². The van der Waals surface area contributed by atoms with E-state index < -0.39 is 15.7 Å². The Balaban J connectivity index is 1.90. The van der Waals surface area contributed by atoms with Crippen molar-refractivity contribution in [2.24, 2.45) is 0 Å². The van der Waals surface area contributed by atoms with Gasteiger partial charge in [0.25, 0.3) is 5.91 Å². The van der Waals surface area contributed by atoms with Crippen LogP contribution < -0.4 is 10.1 Å². The minimum atomic E-state index is -3.47. The third-order valence-corrected chi connectivity index (χ3v) is 4.95. The molecule has 2 aromatic carbocycles. The topological polar surface area (TPSA) is 72.5 Å². The Morgan fingerprint density at radius 2 is 1.83 bits per heavy atom. The molecular formula is C17H17NO4S. The van der Waals surface area contributed by atoms with Crippen LogP contribution in [0, 0.1) is 0 Å². The molecule has 2 aromatic rings. The fourth-order valence-corrected chi connectivity index (χ4v) is 3.59. The molecule has 5 nitrogen and oxygen atoms in total. The van der Waals surface area contributed by atoms with Crippen molar-refractivity contribution in [3.63, 3.8) is 0 Å². The van der Waals surface area contributed by atoms with E-state index in [2.05, 4.69) is 5.32 Å². The summed E-state index contributed by atoms with van der Waals surface area (Å²) in [6.45, 7) is 0.510. The summed E-state index contributed by atoms with van der Waals surface area (Å²) < 4.78 is 29.3. The molecule has 1 aliphatic rings. The van der Waals surface area contributed by atoms with Gasteiger partial charge < -0.3 is 10.1 Å². The zero-order valence-electron chi connectivity index (χ0n) is 12.7. The molecule has 0 radical (unpaired) electrons. The Bertz CT molecular complexity index is 845. The highest BCUT2D eigenvalue weighted by atomic mass is 32.2. The summed E-state index contributed by atoms with van der Waals surface area (Å²) in [5.41, 5.74) is 1.07. The summed E-state index contributed by atoms with van der Waals surface area (Å²) in [5, 5.41) is 2.92. The molecule has 23 heavy (non-hydrogen) atoms. The maximum atomic E-state index is 12.6. The first-order valence-electron chi connectivity index (χ1n) is 7.28. The summed E-state index contributed by atoms with van der Waals surface area (Å²) >= 11 is 0. The molecule has 1 atom stereocenters. The highest BCUT2D eigenvalue weighted by Crippen LogP contribution is 2.31. The first-order valence-corrected chi connectivity index (χ1v) is 9.17. The van der Waals surface area contributed by atoms with Crippen LogP contribution in [0.3, 0.4) is 0 Å². The second-order valence-electron chi connectivity index (χ2n) is 5.47. The predicted molar refractivity (Wildman–Crippen MR) is 86.3 cm³/mol. The number of benzene rings is 2. The SMILES string of the molecule is CS(=O)(=O)c1ccccc1C(=O)N[C@@H]1CCOc2ccccc21. The molecule has 0 aliphatic carbocycles. The Morgan fingerprint density at radius 3 is 2.61 bits per heavy atom. The molecule has 0 spiro atoms. The van der Waals surface area contributed by atoms with Gasteiger partial charge in [0.2, 0.25) is 0 Å². The summed E-state index contributed by atoms with van der Waals surface area (Å²) in [5.74, 6) is 0.355. The molecular weight excluding hydrogens is 314 g/mol. The second-order valence-corrected chi connectivity index (χ2v) is 7.45. The van der Waals surface area contributed by atoms with Gasteiger partial charge in [-0.2, -0.15) is 0 Å². The number of nitrogens with one attached hydrogen (secondary N) is 1. The molecule has 1 aliphatic heterocycles. The van der Waals surface area contributed by atoms with Crippen molar-refractivity contribution in [3.8, 4) is 5.75 Å². The summed E-state index contributed by atoms with van der Waals surface area (Å²) in [4.78, 5) is 12.6. The number of fused-ring (bicyclic) bond motifs is 1. The lowest BCUT2D eigenvalue weighted by Gasteiger charge is -2.26. The van der Waals surface area contributed by atoms with Gasteiger partial charge >= 0.3 is 0 Å². The number of carbonyl (C=O) groups excluding carboxylic acids is 1. The molecule has 1 heterocycles. The van der Waals surface area contributed by atoms with Crippen molar-refractivity contribution in [2.45, 2.75) is 17.4 Å². The third-order valence-electron chi connectivity index (χ3n) is 3.80. The van der Waals surface area contributed by atoms with Crippen LogP contribution in [0.2, 0.25) is 0 Å². The fraction of sp³-hybridized carbons (Fsp3) is 0.235. The Kier molecular flexibility index (Phi) is 4.09. The Labute approximate surface area is 135 Å². The number of ether oxygens (including phenoxy) is 1. The number of rotatable bonds is 3. The van der Waals surface area contributed by atoms with Gasteiger partial charge in [-0.15, -0.1) is 0 Å². The number of hydrogen-bond donors (Lipinski definition) is 1. The first-order chi connectivity index (χ1) is 11.0. The lowest BCUT2D eigenvalue weighted by atomic mass is 10.00. The minimum Gasteiger partial charge on any atom is -0.493 e. The van der Waals surface area contributed by atoms with Gasteiger partial charge in [0.1, 0.15) is 5.75 Å². The minimum absolute atomic E-state index is 0.0397. The molecule has 0 fully saturated rings. The van der Waals surface area contributed by atoms with Crippen LogP contribution >= 0.6 is 0 Å². The van der Waals surface area contributed by atoms with Gasteiger partial charge in [0.15, 0.2) is 9.84 Å². The molecule has 0 bridgehead atoms. The number of hydrogen-bond acceptors (Lipinski definition) is 4. The standard InChI is InChI=1S/C17H17NO4S/c1-23(20,21)16-9-5-3-7-13(16)17(19)18-14-10-11-22-15-8-4-2-6-12(14)15/h2-9,14H,10-11H2,1H3,(H,18,19)/t14-/m1/s1. The first kappa shape index (κ1) is 15.6. The van der Waals surface area contributed by atoms with Crippen LogP contribution in [0.15, 0.2) is 53.4 Å². The number of para-hydroxylation sites is 1. The number of sulfone groups is 1. The van der Waals surface area contributed by atoms with Gasteiger partial charge in [-0.1, -0.05) is 30.3 Å². The highest BCUT2D eigenvalue weighted by Gasteiger charge is 2.25. The van der Waals surface area contributed by atoms with E-state index in [0.29, 0.717) is 13.0 Å². The molecule has 3 rings (SSSR count). The fourth-order valence-electron chi connectivity index (χ4n) is 2.71. The lowest BCUT2D eigenvalue weighted by molar-refractivity contribution is 0.0921. The number of carbonyl (C=O) groups is 1. The molecule has 120 valence electrons. The quantitative estimate of drug-likeness (QED) is 0.937. The zero-order valence-corrected chi connectivity index (χ0v) is 13.5. The van der Waals surface area contributed by atoms with Gasteiger partial charge in [0.05, 0.1) is 23.1 Å². The predicted octanol–water partition coefficient (Wildman–Crippen LogP) is 2.34. The van der Waals surface area contributed by atoms with E-state index >= 15 is 0 Å². The largest absolute Gasteiger partial charge is 0.493 e. The Hall–Kier alpha value is -2.34. The van der Waals surface area contributed by atoms with Crippen LogP contribution in [0.4, 0.5) is 0 Å². The molecule has 6 heteroatoms. The molecule has 1 amide bonds. The Morgan fingerprint density at radius 1 is 1.13 bits per heavy atom. The van der Waals surface area contributed by atoms with Crippen LogP contribution in [-0.4, -0.2) is 27.2 Å². The van der Waals surface area contributed by atoms with Crippen molar-refractivity contribution in [1.29, 1.82) is 0 Å². The van der Waals surface area contributed by atoms with E-state index in [4.69, 9.17) is 4.74 Å². The van der Waals surface area contributed by atoms with E-state index in [1.54, 1.807) is 12.1 Å². The summed E-state index contributed by atoms with van der Waals surface area (Å²) in [7, 11) is -3.47. The zero-order chi connectivity index (χ0) is 16.4. The molecule has 1 N–H and O–H groups in total. The third kappa shape index (κ3) is 3.22. The van der Waals surface area contributed by atoms with Crippen molar-refractivity contribution in [3.05, 3.63) is 59.7 Å². The maximum absolute atomic E-state index is 12.6. The van der Waals surface area contributed by atoms with Gasteiger partial charge in [-0.3, -0.25) is 4.79 Å². The van der Waals surface area contributed by atoms with Crippen molar-refractivity contribution in [1.82, 2.24) is 5.32 Å². The van der Waals surface area contributed by atoms with Crippen LogP contribution in [0.1, 0.15) is 28.4 Å². The lowest BCUT2D eigenvalue weighted by Crippen LogP contribution is -2.32. The average molecular weight is 331 g/mol. The van der Waals surface area contributed by atoms with Gasteiger partial charge in [-0.25, -0.2) is 8.42 Å². The molecule has 0 saturated heterocycles. The normalized spacial score (nSPS) is 17.0. The maximum Gasteiger partial charge on any atom is 0.253 e. The smallest absolute Gasteiger partial charge is 0.253 e. The van der Waals surface area contributed by atoms with Crippen molar-refractivity contribution >= 4 is 15.7 Å². The monoisotopic (exact) mass is 331 g/mol. The molecule has 0 unspecified atom stereocenters. The van der Waals surface area contributed by atoms with E-state index in [9.17, 15) is 13.2 Å². The van der Waals surface area contributed by atoms with E-state index in [0.717, 1.165) is 17.6 Å². The molecule has 0 saturated carbocycles. The number of amides is 1. The highest BCUT2D eigenvalue weighted by molar-refractivity contribution is 7.90. The van der Waals surface area contributed by atoms with Gasteiger partial charge in [0, 0.05) is 18.2 Å². The summed E-state index contributed by atoms with van der Waals surface area (Å²) in [6, 6.07) is 13.6. The van der Waals surface area contributed by atoms with Crippen molar-refractivity contribution < 1.29 is 17.9 Å². The second kappa shape index (κ2) is 6.04. The van der Waals surface area contributed by atoms with E-state index in [1.807, 2.05) is 24.3 Å².